The van der Waals surface area contributed by atoms with E-state index in [0.29, 0.717) is 5.69 Å². The molecule has 1 unspecified atom stereocenters. The summed E-state index contributed by atoms with van der Waals surface area (Å²) in [6, 6.07) is 11.6. The van der Waals surface area contributed by atoms with Gasteiger partial charge in [0.25, 0.3) is 0 Å². The number of thiophene rings is 1. The van der Waals surface area contributed by atoms with Crippen LogP contribution in [-0.4, -0.2) is 13.0 Å². The molecule has 1 aliphatic rings. The van der Waals surface area contributed by atoms with Crippen LogP contribution in [0, 0.1) is 11.6 Å². The molecule has 0 aliphatic carbocycles. The van der Waals surface area contributed by atoms with E-state index in [2.05, 4.69) is 5.32 Å². The first-order valence-electron chi connectivity index (χ1n) is 8.08. The number of benzene rings is 2. The summed E-state index contributed by atoms with van der Waals surface area (Å²) in [4.78, 5) is 13.1. The van der Waals surface area contributed by atoms with Gasteiger partial charge in [0, 0.05) is 28.2 Å². The molecule has 1 amide bonds. The SMILES string of the molecule is COc1ccc(-c2csc3c2NC(=O)CC3c2cccc(F)c2F)cc1. The van der Waals surface area contributed by atoms with E-state index in [1.807, 2.05) is 29.6 Å². The number of fused-ring (bicyclic) bond motifs is 1. The minimum absolute atomic E-state index is 0.0932. The van der Waals surface area contributed by atoms with Crippen molar-refractivity contribution in [2.75, 3.05) is 12.4 Å². The molecular formula is C20H15F2NO2S. The summed E-state index contributed by atoms with van der Waals surface area (Å²) >= 11 is 1.44. The zero-order chi connectivity index (χ0) is 18.3. The third-order valence-corrected chi connectivity index (χ3v) is 5.64. The smallest absolute Gasteiger partial charge is 0.225 e. The van der Waals surface area contributed by atoms with Gasteiger partial charge in [-0.15, -0.1) is 11.3 Å². The number of rotatable bonds is 3. The van der Waals surface area contributed by atoms with E-state index in [1.54, 1.807) is 7.11 Å². The Balaban J connectivity index is 1.81. The lowest BCUT2D eigenvalue weighted by atomic mass is 9.88. The Morgan fingerprint density at radius 2 is 1.92 bits per heavy atom. The van der Waals surface area contributed by atoms with Crippen LogP contribution in [0.3, 0.4) is 0 Å². The van der Waals surface area contributed by atoms with Crippen LogP contribution in [0.15, 0.2) is 47.8 Å². The highest BCUT2D eigenvalue weighted by molar-refractivity contribution is 7.11. The molecule has 0 saturated carbocycles. The Kier molecular flexibility index (Phi) is 4.20. The van der Waals surface area contributed by atoms with Gasteiger partial charge in [0.15, 0.2) is 11.6 Å². The zero-order valence-corrected chi connectivity index (χ0v) is 14.7. The number of ether oxygens (including phenoxy) is 1. The molecule has 2 aromatic carbocycles. The molecule has 1 N–H and O–H groups in total. The van der Waals surface area contributed by atoms with Gasteiger partial charge in [0.1, 0.15) is 5.75 Å². The highest BCUT2D eigenvalue weighted by Crippen LogP contribution is 2.47. The van der Waals surface area contributed by atoms with Crippen molar-refractivity contribution in [2.45, 2.75) is 12.3 Å². The van der Waals surface area contributed by atoms with Crippen molar-refractivity contribution in [3.05, 3.63) is 69.9 Å². The van der Waals surface area contributed by atoms with Crippen LogP contribution < -0.4 is 10.1 Å². The second kappa shape index (κ2) is 6.53. The van der Waals surface area contributed by atoms with Gasteiger partial charge >= 0.3 is 0 Å². The third-order valence-electron chi connectivity index (χ3n) is 4.55. The van der Waals surface area contributed by atoms with Crippen LogP contribution in [0.25, 0.3) is 11.1 Å². The zero-order valence-electron chi connectivity index (χ0n) is 13.9. The summed E-state index contributed by atoms with van der Waals surface area (Å²) in [5.41, 5.74) is 2.67. The van der Waals surface area contributed by atoms with Crippen molar-refractivity contribution in [3.8, 4) is 16.9 Å². The molecule has 0 bridgehead atoms. The van der Waals surface area contributed by atoms with Crippen LogP contribution in [0.4, 0.5) is 14.5 Å². The second-order valence-electron chi connectivity index (χ2n) is 6.07. The predicted octanol–water partition coefficient (Wildman–Crippen LogP) is 5.18. The summed E-state index contributed by atoms with van der Waals surface area (Å²) in [6.45, 7) is 0. The summed E-state index contributed by atoms with van der Waals surface area (Å²) in [6.07, 6.45) is 0.0932. The summed E-state index contributed by atoms with van der Waals surface area (Å²) in [5.74, 6) is -1.76. The van der Waals surface area contributed by atoms with Gasteiger partial charge in [-0.2, -0.15) is 0 Å². The van der Waals surface area contributed by atoms with Crippen molar-refractivity contribution in [3.63, 3.8) is 0 Å². The molecule has 6 heteroatoms. The van der Waals surface area contributed by atoms with Crippen molar-refractivity contribution >= 4 is 22.9 Å². The minimum Gasteiger partial charge on any atom is -0.497 e. The van der Waals surface area contributed by atoms with E-state index in [9.17, 15) is 13.6 Å². The number of methoxy groups -OCH3 is 1. The molecule has 0 fully saturated rings. The van der Waals surface area contributed by atoms with Crippen molar-refractivity contribution in [1.82, 2.24) is 0 Å². The molecule has 1 aromatic heterocycles. The molecule has 1 aliphatic heterocycles. The maximum atomic E-state index is 14.3. The topological polar surface area (TPSA) is 38.3 Å². The maximum absolute atomic E-state index is 14.3. The lowest BCUT2D eigenvalue weighted by molar-refractivity contribution is -0.116. The van der Waals surface area contributed by atoms with E-state index >= 15 is 0 Å². The van der Waals surface area contributed by atoms with Gasteiger partial charge in [-0.1, -0.05) is 24.3 Å². The van der Waals surface area contributed by atoms with E-state index in [1.165, 1.54) is 23.5 Å². The predicted molar refractivity (Wildman–Crippen MR) is 97.8 cm³/mol. The quantitative estimate of drug-likeness (QED) is 0.689. The number of carbonyl (C=O) groups is 1. The first-order chi connectivity index (χ1) is 12.6. The molecule has 2 heterocycles. The number of hydrogen-bond acceptors (Lipinski definition) is 3. The second-order valence-corrected chi connectivity index (χ2v) is 6.98. The number of carbonyl (C=O) groups excluding carboxylic acids is 1. The van der Waals surface area contributed by atoms with Crippen molar-refractivity contribution in [1.29, 1.82) is 0 Å². The lowest BCUT2D eigenvalue weighted by Crippen LogP contribution is -2.23. The van der Waals surface area contributed by atoms with E-state index in [0.717, 1.165) is 27.8 Å². The van der Waals surface area contributed by atoms with E-state index in [-0.39, 0.29) is 17.9 Å². The summed E-state index contributed by atoms with van der Waals surface area (Å²) < 4.78 is 33.1. The molecule has 0 radical (unpaired) electrons. The van der Waals surface area contributed by atoms with Gasteiger partial charge in [-0.3, -0.25) is 4.79 Å². The fraction of sp³-hybridized carbons (Fsp3) is 0.150. The van der Waals surface area contributed by atoms with Gasteiger partial charge < -0.3 is 10.1 Å². The maximum Gasteiger partial charge on any atom is 0.225 e. The normalized spacial score (nSPS) is 16.1. The fourth-order valence-corrected chi connectivity index (χ4v) is 4.40. The summed E-state index contributed by atoms with van der Waals surface area (Å²) in [5, 5.41) is 4.83. The molecule has 132 valence electrons. The van der Waals surface area contributed by atoms with Gasteiger partial charge in [0.05, 0.1) is 12.8 Å². The molecule has 4 rings (SSSR count). The Hall–Kier alpha value is -2.73. The molecule has 0 saturated heterocycles. The van der Waals surface area contributed by atoms with Crippen molar-refractivity contribution in [2.24, 2.45) is 0 Å². The Labute approximate surface area is 153 Å². The van der Waals surface area contributed by atoms with Crippen LogP contribution in [0.1, 0.15) is 22.8 Å². The standard InChI is InChI=1S/C20H15F2NO2S/c1-25-12-7-5-11(6-8-12)15-10-26-20-14(9-17(24)23-19(15)20)13-3-2-4-16(21)18(13)22/h2-8,10,14H,9H2,1H3,(H,23,24). The molecular weight excluding hydrogens is 356 g/mol. The largest absolute Gasteiger partial charge is 0.497 e. The molecule has 26 heavy (non-hydrogen) atoms. The van der Waals surface area contributed by atoms with Gasteiger partial charge in [0.2, 0.25) is 5.91 Å². The molecule has 1 atom stereocenters. The molecule has 3 aromatic rings. The third kappa shape index (κ3) is 2.76. The fourth-order valence-electron chi connectivity index (χ4n) is 3.25. The first-order valence-corrected chi connectivity index (χ1v) is 8.96. The van der Waals surface area contributed by atoms with Crippen LogP contribution in [0.2, 0.25) is 0 Å². The van der Waals surface area contributed by atoms with Gasteiger partial charge in [-0.25, -0.2) is 8.78 Å². The highest BCUT2D eigenvalue weighted by atomic mass is 32.1. The lowest BCUT2D eigenvalue weighted by Gasteiger charge is -2.24. The Morgan fingerprint density at radius 1 is 1.15 bits per heavy atom. The summed E-state index contributed by atoms with van der Waals surface area (Å²) in [7, 11) is 1.60. The van der Waals surface area contributed by atoms with Crippen LogP contribution in [0.5, 0.6) is 5.75 Å². The number of halogens is 2. The van der Waals surface area contributed by atoms with Crippen molar-refractivity contribution < 1.29 is 18.3 Å². The first kappa shape index (κ1) is 16.7. The average Bonchev–Trinajstić information content (AvgIpc) is 3.07. The molecule has 3 nitrogen and oxygen atoms in total. The Bertz CT molecular complexity index is 982. The van der Waals surface area contributed by atoms with E-state index < -0.39 is 17.6 Å². The number of hydrogen-bond donors (Lipinski definition) is 1. The average molecular weight is 371 g/mol. The van der Waals surface area contributed by atoms with Gasteiger partial charge in [-0.05, 0) is 29.3 Å². The highest BCUT2D eigenvalue weighted by Gasteiger charge is 2.32. The molecule has 0 spiro atoms. The van der Waals surface area contributed by atoms with E-state index in [4.69, 9.17) is 4.74 Å². The van der Waals surface area contributed by atoms with Crippen LogP contribution >= 0.6 is 11.3 Å². The number of amides is 1. The van der Waals surface area contributed by atoms with Crippen LogP contribution in [-0.2, 0) is 4.79 Å². The monoisotopic (exact) mass is 371 g/mol. The number of anilines is 1. The number of nitrogens with one attached hydrogen (secondary N) is 1. The Morgan fingerprint density at radius 3 is 2.65 bits per heavy atom. The minimum atomic E-state index is -0.901.